The number of nitrogens with zero attached hydrogens (tertiary/aromatic N) is 7. The zero-order valence-electron chi connectivity index (χ0n) is 27.1. The molecule has 0 saturated heterocycles. The number of aromatic nitrogens is 7. The standard InChI is InChI=1S/C43H29N7/c1-28-47-42-35-24-31(19-20-32(35)33-16-8-9-17-37(33)50(42)48-28)43(29-12-4-2-5-13-29,30-14-6-3-7-15-30)40-25-38-36(26-46-40)34-21-23-44-27-39(34)49(38)41-18-10-11-22-45-41/h2-27H,1H3. The zero-order valence-corrected chi connectivity index (χ0v) is 27.1. The van der Waals surface area contributed by atoms with Gasteiger partial charge in [0.15, 0.2) is 5.65 Å². The van der Waals surface area contributed by atoms with E-state index in [1.165, 1.54) is 0 Å². The fraction of sp³-hybridized carbons (Fsp3) is 0.0465. The molecule has 50 heavy (non-hydrogen) atoms. The van der Waals surface area contributed by atoms with Gasteiger partial charge in [0.05, 0.1) is 33.9 Å². The average Bonchev–Trinajstić information content (AvgIpc) is 3.74. The van der Waals surface area contributed by atoms with Crippen molar-refractivity contribution in [3.05, 3.63) is 186 Å². The summed E-state index contributed by atoms with van der Waals surface area (Å²) >= 11 is 0. The van der Waals surface area contributed by atoms with Gasteiger partial charge in [0.1, 0.15) is 11.6 Å². The highest BCUT2D eigenvalue weighted by Gasteiger charge is 2.40. The second kappa shape index (κ2) is 10.9. The predicted octanol–water partition coefficient (Wildman–Crippen LogP) is 9.01. The fourth-order valence-corrected chi connectivity index (χ4v) is 7.86. The summed E-state index contributed by atoms with van der Waals surface area (Å²) in [6, 6.07) is 46.9. The van der Waals surface area contributed by atoms with Gasteiger partial charge in [0, 0.05) is 40.1 Å². The van der Waals surface area contributed by atoms with E-state index in [1.807, 2.05) is 54.4 Å². The summed E-state index contributed by atoms with van der Waals surface area (Å²) in [4.78, 5) is 19.6. The van der Waals surface area contributed by atoms with Crippen molar-refractivity contribution in [2.75, 3.05) is 0 Å². The summed E-state index contributed by atoms with van der Waals surface area (Å²) in [5.41, 5.74) is 7.24. The molecule has 0 aliphatic rings. The van der Waals surface area contributed by atoms with E-state index >= 15 is 0 Å². The first-order valence-corrected chi connectivity index (χ1v) is 16.7. The molecule has 4 aromatic carbocycles. The monoisotopic (exact) mass is 643 g/mol. The van der Waals surface area contributed by atoms with Gasteiger partial charge in [-0.1, -0.05) is 97.1 Å². The van der Waals surface area contributed by atoms with E-state index in [0.717, 1.165) is 83.2 Å². The van der Waals surface area contributed by atoms with E-state index in [0.29, 0.717) is 0 Å². The first kappa shape index (κ1) is 28.3. The molecule has 7 heteroatoms. The summed E-state index contributed by atoms with van der Waals surface area (Å²) in [6.45, 7) is 1.95. The Morgan fingerprint density at radius 3 is 2.04 bits per heavy atom. The molecular weight excluding hydrogens is 615 g/mol. The van der Waals surface area contributed by atoms with Crippen LogP contribution in [0.4, 0.5) is 0 Å². The molecule has 7 nitrogen and oxygen atoms in total. The molecule has 0 aliphatic heterocycles. The van der Waals surface area contributed by atoms with Crippen LogP contribution in [0, 0.1) is 6.92 Å². The number of hydrogen-bond donors (Lipinski definition) is 0. The van der Waals surface area contributed by atoms with Crippen molar-refractivity contribution in [1.29, 1.82) is 0 Å². The van der Waals surface area contributed by atoms with Gasteiger partial charge < -0.3 is 0 Å². The highest BCUT2D eigenvalue weighted by atomic mass is 15.3. The molecular formula is C43H29N7. The van der Waals surface area contributed by atoms with Gasteiger partial charge in [-0.3, -0.25) is 14.5 Å². The molecule has 6 aromatic heterocycles. The molecule has 10 rings (SSSR count). The maximum absolute atomic E-state index is 5.37. The lowest BCUT2D eigenvalue weighted by atomic mass is 9.66. The minimum absolute atomic E-state index is 0.731. The van der Waals surface area contributed by atoms with E-state index in [1.54, 1.807) is 0 Å². The Bertz CT molecular complexity index is 2840. The Labute approximate surface area is 287 Å². The van der Waals surface area contributed by atoms with Crippen molar-refractivity contribution in [2.45, 2.75) is 12.3 Å². The lowest BCUT2D eigenvalue weighted by Gasteiger charge is -2.36. The van der Waals surface area contributed by atoms with Crippen LogP contribution in [0.25, 0.3) is 54.9 Å². The van der Waals surface area contributed by atoms with Crippen molar-refractivity contribution in [3.8, 4) is 5.82 Å². The Kier molecular flexibility index (Phi) is 6.17. The highest BCUT2D eigenvalue weighted by Crippen LogP contribution is 2.47. The molecule has 6 heterocycles. The molecule has 0 atom stereocenters. The van der Waals surface area contributed by atoms with E-state index in [2.05, 4.69) is 125 Å². The number of fused-ring (bicyclic) bond motifs is 9. The fourth-order valence-electron chi connectivity index (χ4n) is 7.86. The van der Waals surface area contributed by atoms with Gasteiger partial charge >= 0.3 is 0 Å². The van der Waals surface area contributed by atoms with Crippen molar-refractivity contribution in [2.24, 2.45) is 0 Å². The van der Waals surface area contributed by atoms with Gasteiger partial charge in [-0.15, -0.1) is 0 Å². The molecule has 236 valence electrons. The third-order valence-electron chi connectivity index (χ3n) is 9.96. The normalized spacial score (nSPS) is 12.1. The predicted molar refractivity (Wildman–Crippen MR) is 199 cm³/mol. The van der Waals surface area contributed by atoms with Crippen molar-refractivity contribution in [1.82, 2.24) is 34.1 Å². The molecule has 10 aromatic rings. The number of para-hydroxylation sites is 1. The molecule has 0 fully saturated rings. The van der Waals surface area contributed by atoms with Crippen molar-refractivity contribution < 1.29 is 0 Å². The molecule has 0 radical (unpaired) electrons. The highest BCUT2D eigenvalue weighted by molar-refractivity contribution is 6.12. The topological polar surface area (TPSA) is 73.8 Å². The first-order chi connectivity index (χ1) is 24.7. The largest absolute Gasteiger partial charge is 0.292 e. The van der Waals surface area contributed by atoms with Crippen LogP contribution in [0.3, 0.4) is 0 Å². The smallest absolute Gasteiger partial charge is 0.164 e. The molecule has 0 bridgehead atoms. The van der Waals surface area contributed by atoms with Crippen LogP contribution in [0.5, 0.6) is 0 Å². The van der Waals surface area contributed by atoms with Crippen LogP contribution < -0.4 is 0 Å². The summed E-state index contributed by atoms with van der Waals surface area (Å²) in [5, 5.41) is 10.2. The Morgan fingerprint density at radius 1 is 0.520 bits per heavy atom. The van der Waals surface area contributed by atoms with Gasteiger partial charge in [-0.05, 0) is 65.4 Å². The lowest BCUT2D eigenvalue weighted by Crippen LogP contribution is -2.32. The van der Waals surface area contributed by atoms with Crippen molar-refractivity contribution >= 4 is 49.1 Å². The van der Waals surface area contributed by atoms with Gasteiger partial charge in [-0.25, -0.2) is 14.5 Å². The van der Waals surface area contributed by atoms with Crippen LogP contribution >= 0.6 is 0 Å². The molecule has 0 spiro atoms. The third kappa shape index (κ3) is 4.00. The van der Waals surface area contributed by atoms with Crippen LogP contribution in [0.15, 0.2) is 158 Å². The number of aryl methyl sites for hydroxylation is 1. The lowest BCUT2D eigenvalue weighted by molar-refractivity contribution is 0.717. The second-order valence-electron chi connectivity index (χ2n) is 12.7. The molecule has 0 amide bonds. The van der Waals surface area contributed by atoms with Gasteiger partial charge in [-0.2, -0.15) is 5.10 Å². The van der Waals surface area contributed by atoms with Gasteiger partial charge in [0.2, 0.25) is 0 Å². The number of pyridine rings is 4. The third-order valence-corrected chi connectivity index (χ3v) is 9.96. The Hall–Kier alpha value is -6.73. The van der Waals surface area contributed by atoms with Crippen LogP contribution in [0.2, 0.25) is 0 Å². The van der Waals surface area contributed by atoms with E-state index in [-0.39, 0.29) is 0 Å². The summed E-state index contributed by atoms with van der Waals surface area (Å²) < 4.78 is 4.17. The average molecular weight is 644 g/mol. The van der Waals surface area contributed by atoms with E-state index in [4.69, 9.17) is 20.1 Å². The number of benzene rings is 4. The Morgan fingerprint density at radius 2 is 1.26 bits per heavy atom. The second-order valence-corrected chi connectivity index (χ2v) is 12.7. The molecule has 0 saturated carbocycles. The zero-order chi connectivity index (χ0) is 33.2. The minimum Gasteiger partial charge on any atom is -0.292 e. The number of hydrogen-bond acceptors (Lipinski definition) is 5. The Balaban J connectivity index is 1.36. The summed E-state index contributed by atoms with van der Waals surface area (Å²) in [5.74, 6) is 1.55. The number of rotatable bonds is 5. The molecule has 0 unspecified atom stereocenters. The van der Waals surface area contributed by atoms with E-state index in [9.17, 15) is 0 Å². The van der Waals surface area contributed by atoms with Crippen molar-refractivity contribution in [3.63, 3.8) is 0 Å². The quantitative estimate of drug-likeness (QED) is 0.138. The summed E-state index contributed by atoms with van der Waals surface area (Å²) in [6.07, 6.45) is 7.59. The maximum atomic E-state index is 5.37. The van der Waals surface area contributed by atoms with Crippen LogP contribution in [0.1, 0.15) is 28.2 Å². The maximum Gasteiger partial charge on any atom is 0.164 e. The first-order valence-electron chi connectivity index (χ1n) is 16.7. The van der Waals surface area contributed by atoms with E-state index < -0.39 is 5.41 Å². The molecule has 0 aliphatic carbocycles. The SMILES string of the molecule is Cc1nc2c3cc(C(c4ccccc4)(c4ccccc4)c4cc5c(cn4)c4ccncc4n5-c4ccccn4)ccc3c3ccccc3n2n1. The molecule has 0 N–H and O–H groups in total. The summed E-state index contributed by atoms with van der Waals surface area (Å²) in [7, 11) is 0. The minimum atomic E-state index is -0.799. The van der Waals surface area contributed by atoms with Gasteiger partial charge in [0.25, 0.3) is 0 Å². The van der Waals surface area contributed by atoms with Crippen LogP contribution in [-0.2, 0) is 5.41 Å². The van der Waals surface area contributed by atoms with Crippen LogP contribution in [-0.4, -0.2) is 34.1 Å².